The monoisotopic (exact) mass is 170 g/mol. The molecule has 2 heterocycles. The fourth-order valence-corrected chi connectivity index (χ4v) is 2.01. The highest BCUT2D eigenvalue weighted by Gasteiger charge is 2.56. The van der Waals surface area contributed by atoms with E-state index in [1.54, 1.807) is 6.92 Å². The molecule has 0 aliphatic carbocycles. The van der Waals surface area contributed by atoms with E-state index in [1.165, 1.54) is 0 Å². The van der Waals surface area contributed by atoms with Gasteiger partial charge in [-0.3, -0.25) is 4.79 Å². The van der Waals surface area contributed by atoms with E-state index in [4.69, 9.17) is 9.47 Å². The third kappa shape index (κ3) is 0.930. The van der Waals surface area contributed by atoms with Crippen LogP contribution >= 0.6 is 0 Å². The van der Waals surface area contributed by atoms with E-state index in [0.717, 1.165) is 19.4 Å². The summed E-state index contributed by atoms with van der Waals surface area (Å²) in [5, 5.41) is 0. The van der Waals surface area contributed by atoms with Crippen LogP contribution in [0.3, 0.4) is 0 Å². The lowest BCUT2D eigenvalue weighted by molar-refractivity contribution is -0.347. The molecule has 2 saturated heterocycles. The third-order valence-corrected chi connectivity index (χ3v) is 3.04. The van der Waals surface area contributed by atoms with Crippen LogP contribution in [0, 0.1) is 5.92 Å². The largest absolute Gasteiger partial charge is 0.352 e. The zero-order valence-electron chi connectivity index (χ0n) is 7.50. The van der Waals surface area contributed by atoms with E-state index >= 15 is 0 Å². The Labute approximate surface area is 72.0 Å². The third-order valence-electron chi connectivity index (χ3n) is 3.04. The Hall–Kier alpha value is -0.410. The summed E-state index contributed by atoms with van der Waals surface area (Å²) < 4.78 is 10.8. The standard InChI is InChI=1S/C9H14O3/c1-6(10)9(2)7-4-3-5-11-8(7)12-9/h7-8H,3-5H2,1-2H3. The van der Waals surface area contributed by atoms with Gasteiger partial charge in [0.05, 0.1) is 0 Å². The van der Waals surface area contributed by atoms with Crippen LogP contribution in [0.25, 0.3) is 0 Å². The molecular formula is C9H14O3. The zero-order chi connectivity index (χ0) is 8.77. The summed E-state index contributed by atoms with van der Waals surface area (Å²) in [5.41, 5.74) is -0.551. The SMILES string of the molecule is CC(=O)C1(C)OC2OCCCC21. The van der Waals surface area contributed by atoms with Crippen molar-refractivity contribution in [1.82, 2.24) is 0 Å². The van der Waals surface area contributed by atoms with Crippen LogP contribution in [0.1, 0.15) is 26.7 Å². The number of ether oxygens (including phenoxy) is 2. The van der Waals surface area contributed by atoms with E-state index in [1.807, 2.05) is 6.92 Å². The molecule has 12 heavy (non-hydrogen) atoms. The van der Waals surface area contributed by atoms with Crippen LogP contribution in [0.2, 0.25) is 0 Å². The first-order valence-electron chi connectivity index (χ1n) is 4.45. The maximum absolute atomic E-state index is 11.2. The molecule has 0 saturated carbocycles. The van der Waals surface area contributed by atoms with Gasteiger partial charge < -0.3 is 9.47 Å². The molecule has 2 rings (SSSR count). The summed E-state index contributed by atoms with van der Waals surface area (Å²) in [6, 6.07) is 0. The molecule has 3 unspecified atom stereocenters. The number of rotatable bonds is 1. The van der Waals surface area contributed by atoms with E-state index in [2.05, 4.69) is 0 Å². The van der Waals surface area contributed by atoms with Gasteiger partial charge >= 0.3 is 0 Å². The summed E-state index contributed by atoms with van der Waals surface area (Å²) in [5.74, 6) is 0.415. The highest BCUT2D eigenvalue weighted by molar-refractivity contribution is 5.85. The smallest absolute Gasteiger partial charge is 0.164 e. The Bertz CT molecular complexity index is 214. The summed E-state index contributed by atoms with van der Waals surface area (Å²) in [6.45, 7) is 4.23. The van der Waals surface area contributed by atoms with Crippen LogP contribution in [0.5, 0.6) is 0 Å². The van der Waals surface area contributed by atoms with Gasteiger partial charge in [0.1, 0.15) is 5.60 Å². The first kappa shape index (κ1) is 8.20. The van der Waals surface area contributed by atoms with Crippen LogP contribution in [-0.4, -0.2) is 24.3 Å². The van der Waals surface area contributed by atoms with Crippen LogP contribution in [0.4, 0.5) is 0 Å². The molecule has 3 nitrogen and oxygen atoms in total. The normalized spacial score (nSPS) is 46.2. The van der Waals surface area contributed by atoms with Crippen molar-refractivity contribution in [3.63, 3.8) is 0 Å². The molecule has 68 valence electrons. The average Bonchev–Trinajstić information content (AvgIpc) is 2.02. The number of carbonyl (C=O) groups is 1. The molecule has 0 aromatic heterocycles. The second kappa shape index (κ2) is 2.54. The highest BCUT2D eigenvalue weighted by Crippen LogP contribution is 2.45. The predicted octanol–water partition coefficient (Wildman–Crippen LogP) is 1.12. The van der Waals surface area contributed by atoms with Crippen molar-refractivity contribution in [2.24, 2.45) is 5.92 Å². The molecule has 0 amide bonds. The van der Waals surface area contributed by atoms with Gasteiger partial charge in [0, 0.05) is 12.5 Å². The van der Waals surface area contributed by atoms with Gasteiger partial charge in [0.2, 0.25) is 0 Å². The molecule has 2 fully saturated rings. The molecule has 0 N–H and O–H groups in total. The lowest BCUT2D eigenvalue weighted by Gasteiger charge is -2.53. The highest BCUT2D eigenvalue weighted by atomic mass is 16.7. The summed E-state index contributed by atoms with van der Waals surface area (Å²) in [6.07, 6.45) is 2.00. The van der Waals surface area contributed by atoms with Crippen LogP contribution in [-0.2, 0) is 14.3 Å². The van der Waals surface area contributed by atoms with Crippen molar-refractivity contribution in [3.05, 3.63) is 0 Å². The molecule has 0 bridgehead atoms. The van der Waals surface area contributed by atoms with E-state index < -0.39 is 5.60 Å². The summed E-state index contributed by atoms with van der Waals surface area (Å²) in [4.78, 5) is 11.2. The molecular weight excluding hydrogens is 156 g/mol. The minimum atomic E-state index is -0.551. The number of Topliss-reactive ketones (excluding diaryl/α,β-unsaturated/α-hetero) is 1. The molecule has 0 spiro atoms. The van der Waals surface area contributed by atoms with Crippen molar-refractivity contribution in [3.8, 4) is 0 Å². The van der Waals surface area contributed by atoms with Gasteiger partial charge in [-0.25, -0.2) is 0 Å². The minimum Gasteiger partial charge on any atom is -0.352 e. The first-order valence-corrected chi connectivity index (χ1v) is 4.45. The van der Waals surface area contributed by atoms with Crippen molar-refractivity contribution in [2.45, 2.75) is 38.6 Å². The lowest BCUT2D eigenvalue weighted by atomic mass is 9.76. The summed E-state index contributed by atoms with van der Waals surface area (Å²) in [7, 11) is 0. The summed E-state index contributed by atoms with van der Waals surface area (Å²) >= 11 is 0. The lowest BCUT2D eigenvalue weighted by Crippen LogP contribution is -2.64. The van der Waals surface area contributed by atoms with Gasteiger partial charge in [-0.15, -0.1) is 0 Å². The van der Waals surface area contributed by atoms with Gasteiger partial charge in [0.25, 0.3) is 0 Å². The number of hydrogen-bond acceptors (Lipinski definition) is 3. The molecule has 2 aliphatic heterocycles. The van der Waals surface area contributed by atoms with Crippen molar-refractivity contribution in [1.29, 1.82) is 0 Å². The molecule has 0 aromatic carbocycles. The molecule has 2 aliphatic rings. The fourth-order valence-electron chi connectivity index (χ4n) is 2.01. The number of ketones is 1. The Morgan fingerprint density at radius 2 is 2.33 bits per heavy atom. The van der Waals surface area contributed by atoms with Gasteiger partial charge in [-0.2, -0.15) is 0 Å². The quantitative estimate of drug-likeness (QED) is 0.591. The van der Waals surface area contributed by atoms with Gasteiger partial charge in [0.15, 0.2) is 12.1 Å². The maximum Gasteiger partial charge on any atom is 0.164 e. The van der Waals surface area contributed by atoms with E-state index in [-0.39, 0.29) is 12.1 Å². The fraction of sp³-hybridized carbons (Fsp3) is 0.889. The maximum atomic E-state index is 11.2. The second-order valence-corrected chi connectivity index (χ2v) is 3.77. The van der Waals surface area contributed by atoms with Crippen LogP contribution in [0.15, 0.2) is 0 Å². The number of fused-ring (bicyclic) bond motifs is 1. The Morgan fingerprint density at radius 1 is 1.58 bits per heavy atom. The minimum absolute atomic E-state index is 0.104. The average molecular weight is 170 g/mol. The van der Waals surface area contributed by atoms with Crippen LogP contribution < -0.4 is 0 Å². The Balaban J connectivity index is 2.09. The Kier molecular flexibility index (Phi) is 1.73. The zero-order valence-corrected chi connectivity index (χ0v) is 7.50. The van der Waals surface area contributed by atoms with E-state index in [0.29, 0.717) is 5.92 Å². The van der Waals surface area contributed by atoms with Crippen molar-refractivity contribution in [2.75, 3.05) is 6.61 Å². The van der Waals surface area contributed by atoms with Crippen molar-refractivity contribution >= 4 is 5.78 Å². The molecule has 3 heteroatoms. The topological polar surface area (TPSA) is 35.5 Å². The van der Waals surface area contributed by atoms with E-state index in [9.17, 15) is 4.79 Å². The first-order chi connectivity index (χ1) is 5.64. The van der Waals surface area contributed by atoms with Gasteiger partial charge in [-0.05, 0) is 26.7 Å². The number of carbonyl (C=O) groups excluding carboxylic acids is 1. The Morgan fingerprint density at radius 3 is 2.92 bits per heavy atom. The molecule has 0 radical (unpaired) electrons. The molecule has 0 aromatic rings. The number of hydrogen-bond donors (Lipinski definition) is 0. The molecule has 3 atom stereocenters. The van der Waals surface area contributed by atoms with Crippen molar-refractivity contribution < 1.29 is 14.3 Å². The second-order valence-electron chi connectivity index (χ2n) is 3.77. The predicted molar refractivity (Wildman–Crippen MR) is 42.6 cm³/mol. The van der Waals surface area contributed by atoms with Gasteiger partial charge in [-0.1, -0.05) is 0 Å².